The van der Waals surface area contributed by atoms with Crippen LogP contribution in [0.2, 0.25) is 0 Å². The zero-order valence-corrected chi connectivity index (χ0v) is 15.1. The Kier molecular flexibility index (Phi) is 5.76. The maximum absolute atomic E-state index is 12.7. The molecule has 136 valence electrons. The molecule has 0 aliphatic rings. The predicted molar refractivity (Wildman–Crippen MR) is 90.5 cm³/mol. The molecule has 0 spiro atoms. The number of anilines is 1. The lowest BCUT2D eigenvalue weighted by molar-refractivity contribution is -0.147. The molecule has 0 aliphatic heterocycles. The molecule has 2 aromatic rings. The van der Waals surface area contributed by atoms with Crippen LogP contribution in [0.4, 0.5) is 18.9 Å². The van der Waals surface area contributed by atoms with Crippen LogP contribution in [-0.2, 0) is 18.0 Å². The number of carbonyl (C=O) groups is 1. The van der Waals surface area contributed by atoms with Crippen LogP contribution < -0.4 is 5.32 Å². The quantitative estimate of drug-likeness (QED) is 0.804. The van der Waals surface area contributed by atoms with Gasteiger partial charge in [-0.15, -0.1) is 10.2 Å². The van der Waals surface area contributed by atoms with E-state index in [1.54, 1.807) is 19.1 Å². The van der Waals surface area contributed by atoms with Gasteiger partial charge < -0.3 is 9.88 Å². The van der Waals surface area contributed by atoms with Gasteiger partial charge in [-0.1, -0.05) is 37.7 Å². The van der Waals surface area contributed by atoms with Gasteiger partial charge in [0.25, 0.3) is 0 Å². The second-order valence-electron chi connectivity index (χ2n) is 5.89. The van der Waals surface area contributed by atoms with Crippen LogP contribution in [0.25, 0.3) is 0 Å². The first-order chi connectivity index (χ1) is 11.6. The second-order valence-corrected chi connectivity index (χ2v) is 7.20. The number of halogens is 3. The molecular weight excluding hydrogens is 353 g/mol. The van der Waals surface area contributed by atoms with E-state index in [9.17, 15) is 18.0 Å². The second kappa shape index (κ2) is 7.47. The van der Waals surface area contributed by atoms with Crippen LogP contribution in [-0.4, -0.2) is 25.9 Å². The lowest BCUT2D eigenvalue weighted by atomic mass is 10.0. The fraction of sp³-hybridized carbons (Fsp3) is 0.438. The van der Waals surface area contributed by atoms with Gasteiger partial charge in [-0.3, -0.25) is 4.79 Å². The van der Waals surface area contributed by atoms with Gasteiger partial charge in [-0.2, -0.15) is 13.2 Å². The van der Waals surface area contributed by atoms with Crippen LogP contribution in [0.1, 0.15) is 38.1 Å². The molecule has 2 rings (SSSR count). The summed E-state index contributed by atoms with van der Waals surface area (Å²) in [5.41, 5.74) is 1.79. The van der Waals surface area contributed by atoms with Crippen LogP contribution in [0.3, 0.4) is 0 Å². The highest BCUT2D eigenvalue weighted by Crippen LogP contribution is 2.31. The normalized spacial score (nSPS) is 13.1. The van der Waals surface area contributed by atoms with Crippen molar-refractivity contribution in [3.63, 3.8) is 0 Å². The number of aromatic nitrogens is 3. The molecule has 0 saturated heterocycles. The summed E-state index contributed by atoms with van der Waals surface area (Å²) >= 11 is 0.920. The third kappa shape index (κ3) is 4.75. The van der Waals surface area contributed by atoms with E-state index in [0.717, 1.165) is 21.9 Å². The summed E-state index contributed by atoms with van der Waals surface area (Å²) in [5, 5.41) is 8.81. The highest BCUT2D eigenvalue weighted by atomic mass is 32.2. The SMILES string of the molecule is CC(C)c1ccc(NC(=O)[C@@H](C)Sc2nnc(C(F)(F)F)n2C)cc1. The van der Waals surface area contributed by atoms with E-state index in [4.69, 9.17) is 0 Å². The van der Waals surface area contributed by atoms with E-state index in [1.807, 2.05) is 12.1 Å². The number of hydrogen-bond donors (Lipinski definition) is 1. The Hall–Kier alpha value is -2.03. The number of nitrogens with zero attached hydrogens (tertiary/aromatic N) is 3. The van der Waals surface area contributed by atoms with E-state index in [-0.39, 0.29) is 11.1 Å². The summed E-state index contributed by atoms with van der Waals surface area (Å²) in [5.74, 6) is -1.02. The summed E-state index contributed by atoms with van der Waals surface area (Å²) in [7, 11) is 1.22. The Morgan fingerprint density at radius 3 is 2.24 bits per heavy atom. The molecule has 9 heteroatoms. The first-order valence-corrected chi connectivity index (χ1v) is 8.51. The highest BCUT2D eigenvalue weighted by Gasteiger charge is 2.37. The van der Waals surface area contributed by atoms with Crippen LogP contribution in [0.15, 0.2) is 29.4 Å². The molecule has 0 unspecified atom stereocenters. The lowest BCUT2D eigenvalue weighted by Crippen LogP contribution is -2.23. The maximum Gasteiger partial charge on any atom is 0.451 e. The first-order valence-electron chi connectivity index (χ1n) is 7.63. The Balaban J connectivity index is 2.02. The van der Waals surface area contributed by atoms with Crippen molar-refractivity contribution in [1.82, 2.24) is 14.8 Å². The molecule has 1 amide bonds. The summed E-state index contributed by atoms with van der Waals surface area (Å²) < 4.78 is 39.0. The molecule has 0 aliphatic carbocycles. The molecule has 0 radical (unpaired) electrons. The number of carbonyl (C=O) groups excluding carboxylic acids is 1. The van der Waals surface area contributed by atoms with E-state index in [0.29, 0.717) is 11.6 Å². The fourth-order valence-corrected chi connectivity index (χ4v) is 2.89. The topological polar surface area (TPSA) is 59.8 Å². The van der Waals surface area contributed by atoms with Gasteiger partial charge in [-0.05, 0) is 30.5 Å². The molecule has 0 saturated carbocycles. The number of nitrogens with one attached hydrogen (secondary N) is 1. The average Bonchev–Trinajstić information content (AvgIpc) is 2.88. The van der Waals surface area contributed by atoms with Crippen molar-refractivity contribution in [1.29, 1.82) is 0 Å². The molecule has 5 nitrogen and oxygen atoms in total. The van der Waals surface area contributed by atoms with Crippen molar-refractivity contribution in [3.05, 3.63) is 35.7 Å². The molecule has 1 heterocycles. The van der Waals surface area contributed by atoms with Crippen molar-refractivity contribution in [2.75, 3.05) is 5.32 Å². The smallest absolute Gasteiger partial charge is 0.325 e. The minimum Gasteiger partial charge on any atom is -0.325 e. The van der Waals surface area contributed by atoms with Gasteiger partial charge in [-0.25, -0.2) is 0 Å². The minimum absolute atomic E-state index is 0.0325. The van der Waals surface area contributed by atoms with E-state index in [2.05, 4.69) is 29.4 Å². The van der Waals surface area contributed by atoms with Crippen LogP contribution in [0.5, 0.6) is 0 Å². The van der Waals surface area contributed by atoms with E-state index in [1.165, 1.54) is 7.05 Å². The number of benzene rings is 1. The van der Waals surface area contributed by atoms with Gasteiger partial charge in [0, 0.05) is 12.7 Å². The third-order valence-corrected chi connectivity index (χ3v) is 4.72. The van der Waals surface area contributed by atoms with Crippen molar-refractivity contribution in [2.24, 2.45) is 7.05 Å². The molecule has 0 bridgehead atoms. The zero-order chi connectivity index (χ0) is 18.8. The van der Waals surface area contributed by atoms with Gasteiger partial charge in [0.05, 0.1) is 5.25 Å². The molecule has 1 aromatic heterocycles. The molecular formula is C16H19F3N4OS. The molecule has 1 N–H and O–H groups in total. The lowest BCUT2D eigenvalue weighted by Gasteiger charge is -2.13. The number of rotatable bonds is 5. The number of amides is 1. The first kappa shape index (κ1) is 19.3. The highest BCUT2D eigenvalue weighted by molar-refractivity contribution is 8.00. The molecule has 0 fully saturated rings. The van der Waals surface area contributed by atoms with E-state index >= 15 is 0 Å². The monoisotopic (exact) mass is 372 g/mol. The van der Waals surface area contributed by atoms with Gasteiger partial charge in [0.2, 0.25) is 11.7 Å². The minimum atomic E-state index is -4.58. The van der Waals surface area contributed by atoms with Gasteiger partial charge >= 0.3 is 6.18 Å². The van der Waals surface area contributed by atoms with Crippen molar-refractivity contribution in [3.8, 4) is 0 Å². The standard InChI is InChI=1S/C16H19F3N4OS/c1-9(2)11-5-7-12(8-6-11)20-13(24)10(3)25-15-22-21-14(23(15)4)16(17,18)19/h5-10H,1-4H3,(H,20,24)/t10-/m1/s1. The average molecular weight is 372 g/mol. The molecule has 25 heavy (non-hydrogen) atoms. The largest absolute Gasteiger partial charge is 0.451 e. The maximum atomic E-state index is 12.7. The summed E-state index contributed by atoms with van der Waals surface area (Å²) in [6.07, 6.45) is -4.58. The van der Waals surface area contributed by atoms with Crippen molar-refractivity contribution < 1.29 is 18.0 Å². The van der Waals surface area contributed by atoms with Crippen molar-refractivity contribution >= 4 is 23.4 Å². The zero-order valence-electron chi connectivity index (χ0n) is 14.3. The Bertz CT molecular complexity index is 741. The number of hydrogen-bond acceptors (Lipinski definition) is 4. The molecule has 1 atom stereocenters. The summed E-state index contributed by atoms with van der Waals surface area (Å²) in [6.45, 7) is 5.75. The Labute approximate surface area is 148 Å². The number of thioether (sulfide) groups is 1. The predicted octanol–water partition coefficient (Wildman–Crippen LogP) is 4.08. The van der Waals surface area contributed by atoms with E-state index < -0.39 is 17.3 Å². The van der Waals surface area contributed by atoms with Crippen molar-refractivity contribution in [2.45, 2.75) is 43.3 Å². The van der Waals surface area contributed by atoms with Crippen LogP contribution >= 0.6 is 11.8 Å². The van der Waals surface area contributed by atoms with Gasteiger partial charge in [0.15, 0.2) is 5.16 Å². The van der Waals surface area contributed by atoms with Gasteiger partial charge in [0.1, 0.15) is 0 Å². The summed E-state index contributed by atoms with van der Waals surface area (Å²) in [6, 6.07) is 7.45. The third-order valence-electron chi connectivity index (χ3n) is 3.58. The molecule has 1 aromatic carbocycles. The Morgan fingerprint density at radius 2 is 1.76 bits per heavy atom. The number of alkyl halides is 3. The Morgan fingerprint density at radius 1 is 1.16 bits per heavy atom. The van der Waals surface area contributed by atoms with Crippen LogP contribution in [0, 0.1) is 0 Å². The summed E-state index contributed by atoms with van der Waals surface area (Å²) in [4.78, 5) is 12.2. The fourth-order valence-electron chi connectivity index (χ4n) is 2.07.